The molecule has 0 spiro atoms. The van der Waals surface area contributed by atoms with Crippen molar-refractivity contribution in [1.82, 2.24) is 4.98 Å². The van der Waals surface area contributed by atoms with Gasteiger partial charge in [0.1, 0.15) is 0 Å². The molecule has 0 aliphatic rings. The molecule has 0 aliphatic carbocycles. The second-order valence-corrected chi connectivity index (χ2v) is 4.88. The van der Waals surface area contributed by atoms with Crippen molar-refractivity contribution >= 4 is 28.2 Å². The lowest BCUT2D eigenvalue weighted by Gasteiger charge is -2.09. The number of anilines is 2. The third-order valence-corrected chi connectivity index (χ3v) is 3.34. The first-order valence-electron chi connectivity index (χ1n) is 6.59. The third-order valence-electron chi connectivity index (χ3n) is 3.34. The van der Waals surface area contributed by atoms with Crippen LogP contribution >= 0.6 is 0 Å². The highest BCUT2D eigenvalue weighted by atomic mass is 16.4. The van der Waals surface area contributed by atoms with Crippen LogP contribution in [-0.2, 0) is 0 Å². The Morgan fingerprint density at radius 2 is 1.90 bits per heavy atom. The molecule has 0 amide bonds. The number of nitrogens with zero attached hydrogens (tertiary/aromatic N) is 1. The van der Waals surface area contributed by atoms with Gasteiger partial charge < -0.3 is 10.4 Å². The van der Waals surface area contributed by atoms with Crippen LogP contribution in [0.15, 0.2) is 54.7 Å². The molecule has 0 unspecified atom stereocenters. The maximum atomic E-state index is 11.0. The summed E-state index contributed by atoms with van der Waals surface area (Å²) in [5.74, 6) is -0.911. The van der Waals surface area contributed by atoms with Crippen molar-refractivity contribution in [2.45, 2.75) is 6.92 Å². The average Bonchev–Trinajstić information content (AvgIpc) is 2.47. The number of pyridine rings is 1. The molecule has 3 rings (SSSR count). The number of benzene rings is 2. The molecule has 0 bridgehead atoms. The number of carboxylic acids is 1. The molecular weight excluding hydrogens is 264 g/mol. The van der Waals surface area contributed by atoms with Crippen LogP contribution in [0.1, 0.15) is 15.9 Å². The van der Waals surface area contributed by atoms with E-state index in [1.807, 2.05) is 36.4 Å². The summed E-state index contributed by atoms with van der Waals surface area (Å²) in [4.78, 5) is 15.4. The van der Waals surface area contributed by atoms with Crippen LogP contribution in [0.4, 0.5) is 11.4 Å². The van der Waals surface area contributed by atoms with E-state index < -0.39 is 5.97 Å². The lowest BCUT2D eigenvalue weighted by molar-refractivity contribution is 0.0696. The molecule has 104 valence electrons. The fraction of sp³-hybridized carbons (Fsp3) is 0.0588. The number of aryl methyl sites for hydroxylation is 1. The van der Waals surface area contributed by atoms with E-state index in [2.05, 4.69) is 10.3 Å². The zero-order valence-corrected chi connectivity index (χ0v) is 11.5. The summed E-state index contributed by atoms with van der Waals surface area (Å²) in [6.07, 6.45) is 1.77. The summed E-state index contributed by atoms with van der Waals surface area (Å²) in [7, 11) is 0. The van der Waals surface area contributed by atoms with E-state index in [1.165, 1.54) is 0 Å². The minimum Gasteiger partial charge on any atom is -0.478 e. The maximum absolute atomic E-state index is 11.0. The molecule has 0 aliphatic heterocycles. The largest absolute Gasteiger partial charge is 0.478 e. The minimum absolute atomic E-state index is 0.317. The van der Waals surface area contributed by atoms with Crippen LogP contribution in [0, 0.1) is 6.92 Å². The van der Waals surface area contributed by atoms with Crippen LogP contribution in [0.5, 0.6) is 0 Å². The summed E-state index contributed by atoms with van der Waals surface area (Å²) in [6.45, 7) is 1.78. The Morgan fingerprint density at radius 3 is 2.67 bits per heavy atom. The number of para-hydroxylation sites is 1. The van der Waals surface area contributed by atoms with Gasteiger partial charge in [0.05, 0.1) is 23.0 Å². The first-order chi connectivity index (χ1) is 10.1. The number of aromatic nitrogens is 1. The number of rotatable bonds is 3. The van der Waals surface area contributed by atoms with Crippen LogP contribution in [0.2, 0.25) is 0 Å². The van der Waals surface area contributed by atoms with Crippen LogP contribution in [0.25, 0.3) is 10.9 Å². The molecule has 4 heteroatoms. The number of carboxylic acid groups (broad SMARTS) is 1. The molecule has 3 aromatic rings. The minimum atomic E-state index is -0.911. The summed E-state index contributed by atoms with van der Waals surface area (Å²) in [6, 6.07) is 15.1. The number of carbonyl (C=O) groups is 1. The fourth-order valence-electron chi connectivity index (χ4n) is 2.29. The highest BCUT2D eigenvalue weighted by Gasteiger charge is 2.07. The van der Waals surface area contributed by atoms with Gasteiger partial charge in [-0.05, 0) is 42.8 Å². The van der Waals surface area contributed by atoms with Gasteiger partial charge in [0.25, 0.3) is 0 Å². The molecule has 21 heavy (non-hydrogen) atoms. The van der Waals surface area contributed by atoms with Crippen molar-refractivity contribution < 1.29 is 9.90 Å². The van der Waals surface area contributed by atoms with Crippen molar-refractivity contribution in [3.63, 3.8) is 0 Å². The first-order valence-corrected chi connectivity index (χ1v) is 6.59. The molecule has 2 aromatic carbocycles. The zero-order valence-electron chi connectivity index (χ0n) is 11.5. The van der Waals surface area contributed by atoms with E-state index in [-0.39, 0.29) is 0 Å². The third kappa shape index (κ3) is 2.69. The predicted molar refractivity (Wildman–Crippen MR) is 83.2 cm³/mol. The molecule has 0 atom stereocenters. The molecule has 0 fully saturated rings. The Bertz CT molecular complexity index is 828. The van der Waals surface area contributed by atoms with Crippen molar-refractivity contribution in [3.05, 3.63) is 65.9 Å². The Labute approximate surface area is 122 Å². The molecular formula is C17H14N2O2. The number of fused-ring (bicyclic) bond motifs is 1. The van der Waals surface area contributed by atoms with Crippen LogP contribution in [0.3, 0.4) is 0 Å². The standard InChI is InChI=1S/C17H14N2O2/c1-11-8-13(6-7-15(11)17(20)21)19-14-9-12-4-2-3-5-16(12)18-10-14/h2-10,19H,1H3,(H,20,21). The van der Waals surface area contributed by atoms with Gasteiger partial charge in [-0.2, -0.15) is 0 Å². The highest BCUT2D eigenvalue weighted by molar-refractivity contribution is 5.90. The second-order valence-electron chi connectivity index (χ2n) is 4.88. The van der Waals surface area contributed by atoms with Gasteiger partial charge >= 0.3 is 5.97 Å². The first kappa shape index (κ1) is 13.1. The van der Waals surface area contributed by atoms with E-state index in [4.69, 9.17) is 5.11 Å². The number of aromatic carboxylic acids is 1. The van der Waals surface area contributed by atoms with E-state index >= 15 is 0 Å². The highest BCUT2D eigenvalue weighted by Crippen LogP contribution is 2.22. The fourth-order valence-corrected chi connectivity index (χ4v) is 2.29. The molecule has 0 saturated heterocycles. The van der Waals surface area contributed by atoms with Gasteiger partial charge in [0.2, 0.25) is 0 Å². The Hall–Kier alpha value is -2.88. The van der Waals surface area contributed by atoms with Gasteiger partial charge in [0, 0.05) is 11.1 Å². The Kier molecular flexibility index (Phi) is 3.28. The van der Waals surface area contributed by atoms with Gasteiger partial charge in [-0.25, -0.2) is 4.79 Å². The van der Waals surface area contributed by atoms with Gasteiger partial charge in [-0.3, -0.25) is 4.98 Å². The number of hydrogen-bond acceptors (Lipinski definition) is 3. The summed E-state index contributed by atoms with van der Waals surface area (Å²) < 4.78 is 0. The van der Waals surface area contributed by atoms with E-state index in [1.54, 1.807) is 25.3 Å². The van der Waals surface area contributed by atoms with Crippen LogP contribution < -0.4 is 5.32 Å². The van der Waals surface area contributed by atoms with Crippen molar-refractivity contribution in [1.29, 1.82) is 0 Å². The zero-order chi connectivity index (χ0) is 14.8. The molecule has 0 saturated carbocycles. The summed E-state index contributed by atoms with van der Waals surface area (Å²) in [5, 5.41) is 13.3. The Balaban J connectivity index is 1.91. The monoisotopic (exact) mass is 278 g/mol. The van der Waals surface area contributed by atoms with Crippen molar-refractivity contribution in [2.24, 2.45) is 0 Å². The van der Waals surface area contributed by atoms with Gasteiger partial charge in [-0.1, -0.05) is 18.2 Å². The van der Waals surface area contributed by atoms with Crippen LogP contribution in [-0.4, -0.2) is 16.1 Å². The predicted octanol–water partition coefficient (Wildman–Crippen LogP) is 3.99. The smallest absolute Gasteiger partial charge is 0.335 e. The molecule has 4 nitrogen and oxygen atoms in total. The topological polar surface area (TPSA) is 62.2 Å². The van der Waals surface area contributed by atoms with Gasteiger partial charge in [0.15, 0.2) is 0 Å². The van der Waals surface area contributed by atoms with Gasteiger partial charge in [-0.15, -0.1) is 0 Å². The molecule has 1 heterocycles. The maximum Gasteiger partial charge on any atom is 0.335 e. The van der Waals surface area contributed by atoms with Crippen molar-refractivity contribution in [2.75, 3.05) is 5.32 Å². The van der Waals surface area contributed by atoms with E-state index in [0.717, 1.165) is 27.8 Å². The summed E-state index contributed by atoms with van der Waals surface area (Å²) >= 11 is 0. The normalized spacial score (nSPS) is 10.5. The number of nitrogens with one attached hydrogen (secondary N) is 1. The average molecular weight is 278 g/mol. The second kappa shape index (κ2) is 5.25. The lowest BCUT2D eigenvalue weighted by Crippen LogP contribution is -2.00. The SMILES string of the molecule is Cc1cc(Nc2cnc3ccccc3c2)ccc1C(=O)O. The molecule has 1 aromatic heterocycles. The Morgan fingerprint density at radius 1 is 1.10 bits per heavy atom. The number of hydrogen-bond donors (Lipinski definition) is 2. The van der Waals surface area contributed by atoms with Crippen molar-refractivity contribution in [3.8, 4) is 0 Å². The van der Waals surface area contributed by atoms with E-state index in [9.17, 15) is 4.79 Å². The lowest BCUT2D eigenvalue weighted by atomic mass is 10.1. The van der Waals surface area contributed by atoms with E-state index in [0.29, 0.717) is 5.56 Å². The summed E-state index contributed by atoms with van der Waals surface area (Å²) in [5.41, 5.74) is 3.70. The molecule has 2 N–H and O–H groups in total. The quantitative estimate of drug-likeness (QED) is 0.760. The molecule has 0 radical (unpaired) electrons.